The second-order valence-corrected chi connectivity index (χ2v) is 2.83. The molecule has 2 aromatic rings. The van der Waals surface area contributed by atoms with Gasteiger partial charge in [-0.3, -0.25) is 0 Å². The van der Waals surface area contributed by atoms with E-state index < -0.39 is 11.6 Å². The van der Waals surface area contributed by atoms with E-state index in [0.29, 0.717) is 0 Å². The van der Waals surface area contributed by atoms with Gasteiger partial charge in [-0.1, -0.05) is 0 Å². The molecule has 2 rings (SSSR count). The molecule has 76 valence electrons. The Labute approximate surface area is 83.8 Å². The lowest BCUT2D eigenvalue weighted by Gasteiger charge is -2.00. The summed E-state index contributed by atoms with van der Waals surface area (Å²) in [7, 11) is 0. The van der Waals surface area contributed by atoms with E-state index >= 15 is 0 Å². The van der Waals surface area contributed by atoms with Crippen LogP contribution >= 0.6 is 0 Å². The molecular weight excluding hydrogens is 202 g/mol. The smallest absolute Gasteiger partial charge is 0.240 e. The summed E-state index contributed by atoms with van der Waals surface area (Å²) in [5.41, 5.74) is 5.57. The predicted molar refractivity (Wildman–Crippen MR) is 49.6 cm³/mol. The van der Waals surface area contributed by atoms with E-state index in [1.54, 1.807) is 0 Å². The molecule has 1 aromatic heterocycles. The van der Waals surface area contributed by atoms with Gasteiger partial charge >= 0.3 is 0 Å². The average Bonchev–Trinajstić information content (AvgIpc) is 2.20. The molecule has 0 amide bonds. The normalized spacial score (nSPS) is 10.3. The third-order valence-electron chi connectivity index (χ3n) is 1.79. The van der Waals surface area contributed by atoms with Crippen LogP contribution in [0, 0.1) is 11.6 Å². The monoisotopic (exact) mass is 208 g/mol. The van der Waals surface area contributed by atoms with Crippen LogP contribution in [0.4, 0.5) is 14.7 Å². The zero-order chi connectivity index (χ0) is 10.8. The molecule has 0 aliphatic heterocycles. The van der Waals surface area contributed by atoms with Crippen LogP contribution in [0.2, 0.25) is 0 Å². The van der Waals surface area contributed by atoms with Crippen LogP contribution in [0.1, 0.15) is 0 Å². The maximum atomic E-state index is 13.3. The highest BCUT2D eigenvalue weighted by Crippen LogP contribution is 2.20. The summed E-state index contributed by atoms with van der Waals surface area (Å²) >= 11 is 0. The summed E-state index contributed by atoms with van der Waals surface area (Å²) in [5.74, 6) is -1.36. The van der Waals surface area contributed by atoms with Gasteiger partial charge in [0.25, 0.3) is 0 Å². The van der Waals surface area contributed by atoms with Crippen LogP contribution in [0.3, 0.4) is 0 Å². The lowest BCUT2D eigenvalue weighted by Crippen LogP contribution is -1.98. The van der Waals surface area contributed by atoms with E-state index in [4.69, 9.17) is 5.73 Å². The fourth-order valence-corrected chi connectivity index (χ4v) is 1.10. The topological polar surface area (TPSA) is 64.7 Å². The first-order chi connectivity index (χ1) is 7.16. The molecule has 0 saturated heterocycles. The molecule has 2 N–H and O–H groups in total. The van der Waals surface area contributed by atoms with Crippen LogP contribution in [0.15, 0.2) is 24.4 Å². The maximum absolute atomic E-state index is 13.3. The van der Waals surface area contributed by atoms with Crippen LogP contribution in [0.5, 0.6) is 0 Å². The fraction of sp³-hybridized carbons (Fsp3) is 0. The summed E-state index contributed by atoms with van der Waals surface area (Å²) in [6.45, 7) is 0. The molecule has 0 unspecified atom stereocenters. The van der Waals surface area contributed by atoms with Crippen molar-refractivity contribution < 1.29 is 8.78 Å². The number of benzene rings is 1. The van der Waals surface area contributed by atoms with Crippen molar-refractivity contribution in [2.75, 3.05) is 5.73 Å². The highest BCUT2D eigenvalue weighted by molar-refractivity contribution is 5.58. The SMILES string of the molecule is Nc1ncc(-c2ccc(F)cc2F)nn1. The van der Waals surface area contributed by atoms with E-state index in [0.717, 1.165) is 12.1 Å². The number of nitrogens with zero attached hydrogens (tertiary/aromatic N) is 3. The van der Waals surface area contributed by atoms with Crippen LogP contribution in [-0.4, -0.2) is 15.2 Å². The van der Waals surface area contributed by atoms with Gasteiger partial charge in [0.05, 0.1) is 6.20 Å². The van der Waals surface area contributed by atoms with Gasteiger partial charge in [0.2, 0.25) is 5.95 Å². The maximum Gasteiger partial charge on any atom is 0.240 e. The van der Waals surface area contributed by atoms with Crippen molar-refractivity contribution in [3.63, 3.8) is 0 Å². The summed E-state index contributed by atoms with van der Waals surface area (Å²) in [6, 6.07) is 3.18. The zero-order valence-corrected chi connectivity index (χ0v) is 7.48. The van der Waals surface area contributed by atoms with Crippen molar-refractivity contribution in [2.45, 2.75) is 0 Å². The van der Waals surface area contributed by atoms with E-state index in [1.807, 2.05) is 0 Å². The van der Waals surface area contributed by atoms with E-state index in [9.17, 15) is 8.78 Å². The predicted octanol–water partition coefficient (Wildman–Crippen LogP) is 1.40. The number of hydrogen-bond donors (Lipinski definition) is 1. The van der Waals surface area contributed by atoms with Gasteiger partial charge in [0.1, 0.15) is 17.3 Å². The first kappa shape index (κ1) is 9.45. The molecule has 0 bridgehead atoms. The van der Waals surface area contributed by atoms with Gasteiger partial charge in [-0.15, -0.1) is 10.2 Å². The lowest BCUT2D eigenvalue weighted by atomic mass is 10.1. The molecular formula is C9H6F2N4. The minimum Gasteiger partial charge on any atom is -0.366 e. The van der Waals surface area contributed by atoms with Crippen molar-refractivity contribution in [1.29, 1.82) is 0 Å². The van der Waals surface area contributed by atoms with Gasteiger partial charge in [-0.05, 0) is 12.1 Å². The summed E-state index contributed by atoms with van der Waals surface area (Å²) in [6.07, 6.45) is 1.28. The van der Waals surface area contributed by atoms with Gasteiger partial charge < -0.3 is 5.73 Å². The molecule has 15 heavy (non-hydrogen) atoms. The largest absolute Gasteiger partial charge is 0.366 e. The fourth-order valence-electron chi connectivity index (χ4n) is 1.10. The zero-order valence-electron chi connectivity index (χ0n) is 7.48. The van der Waals surface area contributed by atoms with Crippen LogP contribution < -0.4 is 5.73 Å². The second kappa shape index (κ2) is 3.56. The Morgan fingerprint density at radius 1 is 1.13 bits per heavy atom. The van der Waals surface area contributed by atoms with E-state index in [-0.39, 0.29) is 17.2 Å². The van der Waals surface area contributed by atoms with Gasteiger partial charge in [0, 0.05) is 11.6 Å². The average molecular weight is 208 g/mol. The standard InChI is InChI=1S/C9H6F2N4/c10-5-1-2-6(7(11)3-5)8-4-13-9(12)15-14-8/h1-4H,(H2,12,13,15). The van der Waals surface area contributed by atoms with Crippen molar-refractivity contribution >= 4 is 5.95 Å². The number of hydrogen-bond acceptors (Lipinski definition) is 4. The minimum atomic E-state index is -0.712. The van der Waals surface area contributed by atoms with E-state index in [1.165, 1.54) is 12.3 Å². The highest BCUT2D eigenvalue weighted by Gasteiger charge is 2.08. The van der Waals surface area contributed by atoms with Gasteiger partial charge in [-0.2, -0.15) is 0 Å². The number of nitrogens with two attached hydrogens (primary N) is 1. The van der Waals surface area contributed by atoms with Gasteiger partial charge in [-0.25, -0.2) is 13.8 Å². The molecule has 0 atom stereocenters. The first-order valence-corrected chi connectivity index (χ1v) is 4.07. The Kier molecular flexibility index (Phi) is 2.24. The highest BCUT2D eigenvalue weighted by atomic mass is 19.1. The quantitative estimate of drug-likeness (QED) is 0.769. The molecule has 0 fully saturated rings. The first-order valence-electron chi connectivity index (χ1n) is 4.07. The molecule has 0 radical (unpaired) electrons. The summed E-state index contributed by atoms with van der Waals surface area (Å²) in [5, 5.41) is 7.11. The summed E-state index contributed by atoms with van der Waals surface area (Å²) in [4.78, 5) is 3.66. The second-order valence-electron chi connectivity index (χ2n) is 2.83. The minimum absolute atomic E-state index is 0.00118. The number of rotatable bonds is 1. The van der Waals surface area contributed by atoms with Crippen molar-refractivity contribution in [3.8, 4) is 11.3 Å². The van der Waals surface area contributed by atoms with E-state index in [2.05, 4.69) is 15.2 Å². The Hall–Kier alpha value is -2.11. The van der Waals surface area contributed by atoms with Crippen molar-refractivity contribution in [3.05, 3.63) is 36.0 Å². The lowest BCUT2D eigenvalue weighted by molar-refractivity contribution is 0.585. The molecule has 0 aliphatic rings. The summed E-state index contributed by atoms with van der Waals surface area (Å²) < 4.78 is 25.9. The molecule has 1 aromatic carbocycles. The Bertz CT molecular complexity index is 484. The van der Waals surface area contributed by atoms with Gasteiger partial charge in [0.15, 0.2) is 0 Å². The molecule has 0 saturated carbocycles. The molecule has 4 nitrogen and oxygen atoms in total. The van der Waals surface area contributed by atoms with Crippen molar-refractivity contribution in [1.82, 2.24) is 15.2 Å². The Morgan fingerprint density at radius 3 is 2.53 bits per heavy atom. The van der Waals surface area contributed by atoms with Crippen LogP contribution in [0.25, 0.3) is 11.3 Å². The number of aromatic nitrogens is 3. The van der Waals surface area contributed by atoms with Crippen molar-refractivity contribution in [2.24, 2.45) is 0 Å². The molecule has 0 spiro atoms. The number of anilines is 1. The third kappa shape index (κ3) is 1.88. The molecule has 1 heterocycles. The number of halogens is 2. The van der Waals surface area contributed by atoms with Crippen LogP contribution in [-0.2, 0) is 0 Å². The third-order valence-corrected chi connectivity index (χ3v) is 1.79. The Morgan fingerprint density at radius 2 is 1.93 bits per heavy atom. The molecule has 0 aliphatic carbocycles. The number of nitrogen functional groups attached to an aromatic ring is 1. The Balaban J connectivity index is 2.49. The molecule has 6 heteroatoms.